The van der Waals surface area contributed by atoms with E-state index in [4.69, 9.17) is 18.6 Å². The van der Waals surface area contributed by atoms with Crippen LogP contribution >= 0.6 is 0 Å². The van der Waals surface area contributed by atoms with Crippen LogP contribution in [0.2, 0.25) is 0 Å². The lowest BCUT2D eigenvalue weighted by Crippen LogP contribution is -2.33. The van der Waals surface area contributed by atoms with Crippen LogP contribution in [0.5, 0.6) is 11.5 Å². The third-order valence-electron chi connectivity index (χ3n) is 3.40. The van der Waals surface area contributed by atoms with Crippen LogP contribution in [0.4, 0.5) is 0 Å². The van der Waals surface area contributed by atoms with E-state index in [1.54, 1.807) is 42.5 Å². The van der Waals surface area contributed by atoms with Gasteiger partial charge in [-0.3, -0.25) is 4.79 Å². The highest BCUT2D eigenvalue weighted by molar-refractivity contribution is 5.95. The first-order chi connectivity index (χ1) is 10.8. The first kappa shape index (κ1) is 14.5. The molecule has 0 aliphatic carbocycles. The Bertz CT molecular complexity index is 638. The summed E-state index contributed by atoms with van der Waals surface area (Å²) in [5.41, 5.74) is 0.548. The summed E-state index contributed by atoms with van der Waals surface area (Å²) in [5.74, 6) is 1.87. The van der Waals surface area contributed by atoms with Gasteiger partial charge in [-0.25, -0.2) is 0 Å². The summed E-state index contributed by atoms with van der Waals surface area (Å²) in [6.45, 7) is 1.51. The van der Waals surface area contributed by atoms with Crippen LogP contribution in [-0.2, 0) is 11.3 Å². The molecule has 2 heterocycles. The van der Waals surface area contributed by atoms with Crippen LogP contribution in [0.1, 0.15) is 16.1 Å². The summed E-state index contributed by atoms with van der Waals surface area (Å²) in [7, 11) is 1.61. The van der Waals surface area contributed by atoms with Crippen LogP contribution in [0, 0.1) is 0 Å². The van der Waals surface area contributed by atoms with Crippen molar-refractivity contribution < 1.29 is 23.4 Å². The molecule has 6 heteroatoms. The molecule has 0 unspecified atom stereocenters. The fraction of sp³-hybridized carbons (Fsp3) is 0.312. The molecule has 1 aromatic heterocycles. The van der Waals surface area contributed by atoms with Gasteiger partial charge in [-0.15, -0.1) is 0 Å². The van der Waals surface area contributed by atoms with Crippen molar-refractivity contribution in [3.8, 4) is 11.5 Å². The number of hydrogen-bond donors (Lipinski definition) is 0. The van der Waals surface area contributed by atoms with Crippen molar-refractivity contribution in [1.29, 1.82) is 0 Å². The van der Waals surface area contributed by atoms with Crippen molar-refractivity contribution in [2.45, 2.75) is 6.54 Å². The molecule has 1 amide bonds. The van der Waals surface area contributed by atoms with Gasteiger partial charge >= 0.3 is 0 Å². The molecule has 6 nitrogen and oxygen atoms in total. The van der Waals surface area contributed by atoms with Crippen molar-refractivity contribution in [2.75, 3.05) is 27.1 Å². The van der Waals surface area contributed by atoms with Crippen LogP contribution in [0.25, 0.3) is 0 Å². The summed E-state index contributed by atoms with van der Waals surface area (Å²) >= 11 is 0. The monoisotopic (exact) mass is 303 g/mol. The number of carbonyl (C=O) groups is 1. The highest BCUT2D eigenvalue weighted by Crippen LogP contribution is 2.32. The molecule has 0 saturated carbocycles. The standard InChI is InChI=1S/C16H17NO5/c1-19-8-6-17(10-13-3-2-7-20-13)16(18)12-4-5-14-15(9-12)22-11-21-14/h2-5,7,9H,6,8,10-11H2,1H3. The molecule has 0 N–H and O–H groups in total. The van der Waals surface area contributed by atoms with Gasteiger partial charge in [-0.1, -0.05) is 0 Å². The fourth-order valence-corrected chi connectivity index (χ4v) is 2.26. The third kappa shape index (κ3) is 3.07. The smallest absolute Gasteiger partial charge is 0.254 e. The van der Waals surface area contributed by atoms with E-state index in [1.165, 1.54) is 0 Å². The third-order valence-corrected chi connectivity index (χ3v) is 3.40. The van der Waals surface area contributed by atoms with Gasteiger partial charge in [-0.2, -0.15) is 0 Å². The van der Waals surface area contributed by atoms with Gasteiger partial charge in [-0.05, 0) is 30.3 Å². The maximum absolute atomic E-state index is 12.7. The maximum atomic E-state index is 12.7. The Balaban J connectivity index is 1.78. The Hall–Kier alpha value is -2.47. The summed E-state index contributed by atoms with van der Waals surface area (Å²) in [5, 5.41) is 0. The lowest BCUT2D eigenvalue weighted by Gasteiger charge is -2.21. The number of fused-ring (bicyclic) bond motifs is 1. The minimum absolute atomic E-state index is 0.105. The Kier molecular flexibility index (Phi) is 4.29. The minimum Gasteiger partial charge on any atom is -0.467 e. The van der Waals surface area contributed by atoms with Gasteiger partial charge in [0.15, 0.2) is 11.5 Å². The van der Waals surface area contributed by atoms with Crippen LogP contribution in [0.15, 0.2) is 41.0 Å². The highest BCUT2D eigenvalue weighted by Gasteiger charge is 2.21. The molecule has 0 fully saturated rings. The second-order valence-corrected chi connectivity index (χ2v) is 4.87. The zero-order valence-electron chi connectivity index (χ0n) is 12.3. The average molecular weight is 303 g/mol. The zero-order valence-corrected chi connectivity index (χ0v) is 12.3. The van der Waals surface area contributed by atoms with Crippen molar-refractivity contribution in [2.24, 2.45) is 0 Å². The molecular formula is C16H17NO5. The Labute approximate surface area is 128 Å². The molecule has 0 bridgehead atoms. The SMILES string of the molecule is COCCN(Cc1ccco1)C(=O)c1ccc2c(c1)OCO2. The number of nitrogens with zero attached hydrogens (tertiary/aromatic N) is 1. The van der Waals surface area contributed by atoms with Gasteiger partial charge in [0.25, 0.3) is 5.91 Å². The molecule has 3 rings (SSSR count). The summed E-state index contributed by atoms with van der Waals surface area (Å²) in [4.78, 5) is 14.4. The van der Waals surface area contributed by atoms with Crippen molar-refractivity contribution in [1.82, 2.24) is 4.90 Å². The van der Waals surface area contributed by atoms with Crippen molar-refractivity contribution in [3.05, 3.63) is 47.9 Å². The molecule has 0 saturated heterocycles. The minimum atomic E-state index is -0.105. The maximum Gasteiger partial charge on any atom is 0.254 e. The fourth-order valence-electron chi connectivity index (χ4n) is 2.26. The molecule has 0 radical (unpaired) electrons. The molecule has 116 valence electrons. The lowest BCUT2D eigenvalue weighted by molar-refractivity contribution is 0.0666. The second kappa shape index (κ2) is 6.53. The summed E-state index contributed by atoms with van der Waals surface area (Å²) < 4.78 is 21.0. The Morgan fingerprint density at radius 1 is 1.27 bits per heavy atom. The molecule has 22 heavy (non-hydrogen) atoms. The number of ether oxygens (including phenoxy) is 3. The lowest BCUT2D eigenvalue weighted by atomic mass is 10.1. The van der Waals surface area contributed by atoms with Crippen LogP contribution in [-0.4, -0.2) is 37.9 Å². The summed E-state index contributed by atoms with van der Waals surface area (Å²) in [6, 6.07) is 8.82. The molecule has 0 spiro atoms. The van der Waals surface area contributed by atoms with E-state index in [0.29, 0.717) is 36.8 Å². The average Bonchev–Trinajstić information content (AvgIpc) is 3.21. The van der Waals surface area contributed by atoms with Gasteiger partial charge in [0.1, 0.15) is 5.76 Å². The van der Waals surface area contributed by atoms with Crippen LogP contribution in [0.3, 0.4) is 0 Å². The Morgan fingerprint density at radius 2 is 2.14 bits per heavy atom. The molecule has 2 aromatic rings. The zero-order chi connectivity index (χ0) is 15.4. The number of methoxy groups -OCH3 is 1. The molecule has 1 aliphatic heterocycles. The number of amides is 1. The second-order valence-electron chi connectivity index (χ2n) is 4.87. The summed E-state index contributed by atoms with van der Waals surface area (Å²) in [6.07, 6.45) is 1.59. The largest absolute Gasteiger partial charge is 0.467 e. The number of carbonyl (C=O) groups excluding carboxylic acids is 1. The van der Waals surface area contributed by atoms with E-state index in [2.05, 4.69) is 0 Å². The number of furan rings is 1. The predicted molar refractivity (Wildman–Crippen MR) is 77.9 cm³/mol. The van der Waals surface area contributed by atoms with Crippen molar-refractivity contribution >= 4 is 5.91 Å². The number of hydrogen-bond acceptors (Lipinski definition) is 5. The van der Waals surface area contributed by atoms with Crippen LogP contribution < -0.4 is 9.47 Å². The molecule has 0 atom stereocenters. The van der Waals surface area contributed by atoms with Gasteiger partial charge in [0.05, 0.1) is 19.4 Å². The quantitative estimate of drug-likeness (QED) is 0.819. The Morgan fingerprint density at radius 3 is 2.91 bits per heavy atom. The van der Waals surface area contributed by atoms with Gasteiger partial charge < -0.3 is 23.5 Å². The molecule has 1 aromatic carbocycles. The van der Waals surface area contributed by atoms with E-state index in [9.17, 15) is 4.79 Å². The van der Waals surface area contributed by atoms with E-state index in [0.717, 1.165) is 5.76 Å². The van der Waals surface area contributed by atoms with Gasteiger partial charge in [0.2, 0.25) is 6.79 Å². The topological polar surface area (TPSA) is 61.1 Å². The van der Waals surface area contributed by atoms with E-state index in [1.807, 2.05) is 6.07 Å². The number of rotatable bonds is 6. The van der Waals surface area contributed by atoms with Gasteiger partial charge in [0, 0.05) is 19.2 Å². The normalized spacial score (nSPS) is 12.4. The van der Waals surface area contributed by atoms with E-state index in [-0.39, 0.29) is 12.7 Å². The molecule has 1 aliphatic rings. The highest BCUT2D eigenvalue weighted by atomic mass is 16.7. The first-order valence-electron chi connectivity index (χ1n) is 6.98. The van der Waals surface area contributed by atoms with E-state index < -0.39 is 0 Å². The number of benzene rings is 1. The van der Waals surface area contributed by atoms with E-state index >= 15 is 0 Å². The first-order valence-corrected chi connectivity index (χ1v) is 6.98. The predicted octanol–water partition coefficient (Wildman–Crippen LogP) is 2.30. The molecular weight excluding hydrogens is 286 g/mol. The van der Waals surface area contributed by atoms with Crippen molar-refractivity contribution in [3.63, 3.8) is 0 Å².